The molecule has 2 aliphatic rings. The summed E-state index contributed by atoms with van der Waals surface area (Å²) in [5, 5.41) is 35.5. The second-order valence-corrected chi connectivity index (χ2v) is 11.7. The van der Waals surface area contributed by atoms with E-state index in [1.165, 1.54) is 5.06 Å². The summed E-state index contributed by atoms with van der Waals surface area (Å²) in [4.78, 5) is 33.0. The molecule has 0 aliphatic carbocycles. The van der Waals surface area contributed by atoms with Crippen LogP contribution in [0, 0.1) is 20.2 Å². The maximum atomic E-state index is 11.0. The highest BCUT2D eigenvalue weighted by atomic mass is 32.1. The predicted molar refractivity (Wildman–Crippen MR) is 130 cm³/mol. The van der Waals surface area contributed by atoms with E-state index < -0.39 is 45.6 Å². The van der Waals surface area contributed by atoms with Gasteiger partial charge in [0.25, 0.3) is 16.1 Å². The number of morpholine rings is 1. The Labute approximate surface area is 218 Å². The van der Waals surface area contributed by atoms with Crippen molar-refractivity contribution in [1.29, 1.82) is 0 Å². The third-order valence-corrected chi connectivity index (χ3v) is 6.96. The molecular weight excluding hydrogens is 514 g/mol. The Morgan fingerprint density at radius 3 is 2.49 bits per heavy atom. The number of hydrogen-bond acceptors (Lipinski definition) is 15. The lowest BCUT2D eigenvalue weighted by atomic mass is 9.88. The summed E-state index contributed by atoms with van der Waals surface area (Å²) in [6.07, 6.45) is -2.22. The van der Waals surface area contributed by atoms with Gasteiger partial charge in [-0.3, -0.25) is 0 Å². The molecule has 0 spiro atoms. The molecule has 3 heterocycles. The summed E-state index contributed by atoms with van der Waals surface area (Å²) in [5.41, 5.74) is -1.97. The predicted octanol–water partition coefficient (Wildman–Crippen LogP) is 1.29. The van der Waals surface area contributed by atoms with E-state index in [1.807, 2.05) is 53.4 Å². The summed E-state index contributed by atoms with van der Waals surface area (Å²) in [5.74, 6) is 0.453. The SMILES string of the molecule is CC(C)(C)NC[C@@H](COc1nsnc1N1CC(CO[N+](=O)[O-])OC2C1C(C)(C)N(O)C2(C)C)O[N+](=O)[O-]. The highest BCUT2D eigenvalue weighted by Crippen LogP contribution is 2.48. The molecule has 16 nitrogen and oxygen atoms in total. The number of hydrogen-bond donors (Lipinski definition) is 2. The minimum absolute atomic E-state index is 0.122. The summed E-state index contributed by atoms with van der Waals surface area (Å²) in [6.45, 7) is 12.9. The van der Waals surface area contributed by atoms with Gasteiger partial charge in [-0.1, -0.05) is 0 Å². The summed E-state index contributed by atoms with van der Waals surface area (Å²) in [7, 11) is 0. The van der Waals surface area contributed by atoms with Gasteiger partial charge in [-0.2, -0.15) is 9.44 Å². The molecule has 3 unspecified atom stereocenters. The molecule has 2 N–H and O–H groups in total. The van der Waals surface area contributed by atoms with Crippen molar-refractivity contribution in [2.75, 3.05) is 31.2 Å². The van der Waals surface area contributed by atoms with Crippen molar-refractivity contribution in [3.63, 3.8) is 0 Å². The average molecular weight is 550 g/mol. The van der Waals surface area contributed by atoms with Crippen LogP contribution in [-0.4, -0.2) is 96.5 Å². The quantitative estimate of drug-likeness (QED) is 0.297. The number of aromatic nitrogens is 2. The van der Waals surface area contributed by atoms with Gasteiger partial charge in [0.1, 0.15) is 19.3 Å². The van der Waals surface area contributed by atoms with E-state index in [2.05, 4.69) is 18.9 Å². The van der Waals surface area contributed by atoms with Crippen molar-refractivity contribution in [2.45, 2.75) is 89.4 Å². The Hall–Kier alpha value is -2.60. The van der Waals surface area contributed by atoms with Crippen LogP contribution in [0.2, 0.25) is 0 Å². The van der Waals surface area contributed by atoms with Gasteiger partial charge in [-0.25, -0.2) is 0 Å². The van der Waals surface area contributed by atoms with E-state index in [-0.39, 0.29) is 37.7 Å². The van der Waals surface area contributed by atoms with Gasteiger partial charge < -0.3 is 34.6 Å². The lowest BCUT2D eigenvalue weighted by molar-refractivity contribution is -0.768. The van der Waals surface area contributed by atoms with Crippen LogP contribution in [0.4, 0.5) is 5.82 Å². The zero-order valence-corrected chi connectivity index (χ0v) is 22.8. The molecule has 0 saturated carbocycles. The molecule has 1 aromatic rings. The number of hydroxylamine groups is 2. The minimum atomic E-state index is -0.919. The molecule has 3 rings (SSSR count). The Morgan fingerprint density at radius 2 is 1.89 bits per heavy atom. The van der Waals surface area contributed by atoms with Crippen molar-refractivity contribution in [1.82, 2.24) is 19.1 Å². The van der Waals surface area contributed by atoms with Crippen LogP contribution in [0.5, 0.6) is 5.88 Å². The first-order valence-electron chi connectivity index (χ1n) is 11.7. The maximum absolute atomic E-state index is 11.0. The smallest absolute Gasteiger partial charge is 0.294 e. The van der Waals surface area contributed by atoms with Crippen molar-refractivity contribution in [3.8, 4) is 5.88 Å². The number of nitrogens with one attached hydrogen (secondary N) is 1. The Bertz CT molecular complexity index is 970. The van der Waals surface area contributed by atoms with E-state index >= 15 is 0 Å². The van der Waals surface area contributed by atoms with Crippen LogP contribution >= 0.6 is 11.7 Å². The van der Waals surface area contributed by atoms with E-state index in [1.54, 1.807) is 0 Å². The van der Waals surface area contributed by atoms with Crippen LogP contribution in [0.25, 0.3) is 0 Å². The zero-order chi connectivity index (χ0) is 27.8. The summed E-state index contributed by atoms with van der Waals surface area (Å²) < 4.78 is 20.7. The number of anilines is 1. The van der Waals surface area contributed by atoms with E-state index in [9.17, 15) is 25.4 Å². The lowest BCUT2D eigenvalue weighted by Crippen LogP contribution is -2.62. The maximum Gasteiger partial charge on any atom is 0.294 e. The van der Waals surface area contributed by atoms with Gasteiger partial charge in [-0.05, 0) is 48.5 Å². The van der Waals surface area contributed by atoms with Gasteiger partial charge in [0.15, 0.2) is 6.10 Å². The van der Waals surface area contributed by atoms with Crippen molar-refractivity contribution in [3.05, 3.63) is 20.2 Å². The molecule has 2 fully saturated rings. The molecule has 0 radical (unpaired) electrons. The molecule has 17 heteroatoms. The summed E-state index contributed by atoms with van der Waals surface area (Å²) in [6, 6.07) is -0.445. The van der Waals surface area contributed by atoms with Gasteiger partial charge in [0.2, 0.25) is 5.82 Å². The topological polar surface area (TPSA) is 188 Å². The Balaban J connectivity index is 1.87. The van der Waals surface area contributed by atoms with Crippen LogP contribution in [0.1, 0.15) is 48.5 Å². The van der Waals surface area contributed by atoms with E-state index in [4.69, 9.17) is 14.3 Å². The van der Waals surface area contributed by atoms with Gasteiger partial charge in [-0.15, -0.1) is 24.6 Å². The number of ether oxygens (including phenoxy) is 2. The number of fused-ring (bicyclic) bond motifs is 1. The third kappa shape index (κ3) is 6.46. The van der Waals surface area contributed by atoms with Crippen LogP contribution in [-0.2, 0) is 14.4 Å². The zero-order valence-electron chi connectivity index (χ0n) is 21.9. The molecule has 0 amide bonds. The monoisotopic (exact) mass is 549 g/mol. The first-order valence-corrected chi connectivity index (χ1v) is 12.5. The van der Waals surface area contributed by atoms with Gasteiger partial charge in [0.05, 0.1) is 35.0 Å². The fourth-order valence-corrected chi connectivity index (χ4v) is 5.36. The van der Waals surface area contributed by atoms with Crippen molar-refractivity contribution in [2.24, 2.45) is 0 Å². The number of rotatable bonds is 11. The first-order chi connectivity index (χ1) is 17.0. The second kappa shape index (κ2) is 10.6. The second-order valence-electron chi connectivity index (χ2n) is 11.2. The van der Waals surface area contributed by atoms with E-state index in [0.717, 1.165) is 11.7 Å². The lowest BCUT2D eigenvalue weighted by Gasteiger charge is -2.46. The third-order valence-electron chi connectivity index (χ3n) is 6.46. The van der Waals surface area contributed by atoms with Gasteiger partial charge in [0, 0.05) is 18.6 Å². The van der Waals surface area contributed by atoms with Crippen molar-refractivity contribution >= 4 is 17.5 Å². The molecule has 2 aliphatic heterocycles. The fraction of sp³-hybridized carbons (Fsp3) is 0.900. The molecule has 0 aromatic carbocycles. The van der Waals surface area contributed by atoms with Crippen LogP contribution in [0.3, 0.4) is 0 Å². The van der Waals surface area contributed by atoms with Gasteiger partial charge >= 0.3 is 0 Å². The normalized spacial score (nSPS) is 25.8. The molecule has 4 atom stereocenters. The van der Waals surface area contributed by atoms with E-state index in [0.29, 0.717) is 5.82 Å². The van der Waals surface area contributed by atoms with Crippen LogP contribution < -0.4 is 15.0 Å². The highest BCUT2D eigenvalue weighted by molar-refractivity contribution is 6.99. The first kappa shape index (κ1) is 29.0. The molecule has 1 aromatic heterocycles. The molecule has 210 valence electrons. The fourth-order valence-electron chi connectivity index (χ4n) is 4.85. The Kier molecular flexibility index (Phi) is 8.33. The van der Waals surface area contributed by atoms with Crippen molar-refractivity contribution < 1.29 is 34.5 Å². The molecule has 37 heavy (non-hydrogen) atoms. The molecule has 2 saturated heterocycles. The standard InChI is InChI=1S/C20H35N7O9S/c1-18(2,3)21-8-12(36-27(31)32)10-33-17-16(22-37-23-17)24-9-13(11-34-26(29)30)35-15-14(24)19(4,5)25(28)20(15,6)7/h12-15,21,28H,8-11H2,1-7H3/t12-,13?,14?,15?/m0/s1. The van der Waals surface area contributed by atoms with Crippen LogP contribution in [0.15, 0.2) is 0 Å². The Morgan fingerprint density at radius 1 is 1.22 bits per heavy atom. The number of nitrogens with zero attached hydrogens (tertiary/aromatic N) is 6. The largest absolute Gasteiger partial charge is 0.472 e. The molecule has 0 bridgehead atoms. The average Bonchev–Trinajstić information content (AvgIpc) is 3.30. The highest BCUT2D eigenvalue weighted by Gasteiger charge is 2.64. The summed E-state index contributed by atoms with van der Waals surface area (Å²) >= 11 is 0.884. The molecular formula is C20H35N7O9S. The minimum Gasteiger partial charge on any atom is -0.472 e.